The van der Waals surface area contributed by atoms with Crippen LogP contribution in [-0.2, 0) is 18.4 Å². The Kier molecular flexibility index (Phi) is 4.24. The molecule has 0 spiro atoms. The smallest absolute Gasteiger partial charge is 0.303 e. The first-order chi connectivity index (χ1) is 8.56. The van der Waals surface area contributed by atoms with Crippen molar-refractivity contribution in [3.05, 3.63) is 17.2 Å². The zero-order chi connectivity index (χ0) is 13.1. The van der Waals surface area contributed by atoms with Gasteiger partial charge in [0, 0.05) is 20.0 Å². The first-order valence-electron chi connectivity index (χ1n) is 6.16. The summed E-state index contributed by atoms with van der Waals surface area (Å²) in [6.45, 7) is 2.75. The first kappa shape index (κ1) is 13.4. The van der Waals surface area contributed by atoms with E-state index < -0.39 is 5.97 Å². The molecule has 0 aliphatic carbocycles. The lowest BCUT2D eigenvalue weighted by molar-refractivity contribution is -0.137. The molecule has 0 aromatic carbocycles. The molecule has 0 radical (unpaired) electrons. The van der Waals surface area contributed by atoms with Crippen LogP contribution in [-0.4, -0.2) is 38.6 Å². The maximum absolute atomic E-state index is 10.5. The topological polar surface area (TPSA) is 58.4 Å². The summed E-state index contributed by atoms with van der Waals surface area (Å²) in [5, 5.41) is 9.32. The fraction of sp³-hybridized carbons (Fsp3) is 0.667. The molecular formula is C12H18ClN3O2. The molecule has 1 aliphatic rings. The minimum atomic E-state index is -0.704. The minimum absolute atomic E-state index is 0.271. The van der Waals surface area contributed by atoms with Gasteiger partial charge in [-0.05, 0) is 25.3 Å². The van der Waals surface area contributed by atoms with Crippen LogP contribution in [0, 0.1) is 5.92 Å². The van der Waals surface area contributed by atoms with E-state index in [0.29, 0.717) is 11.1 Å². The van der Waals surface area contributed by atoms with Gasteiger partial charge in [0.1, 0.15) is 11.0 Å². The summed E-state index contributed by atoms with van der Waals surface area (Å²) in [6.07, 6.45) is 3.78. The Balaban J connectivity index is 1.82. The number of nitrogens with zero attached hydrogens (tertiary/aromatic N) is 3. The fourth-order valence-corrected chi connectivity index (χ4v) is 2.54. The number of imidazole rings is 1. The van der Waals surface area contributed by atoms with Crippen LogP contribution >= 0.6 is 11.6 Å². The van der Waals surface area contributed by atoms with Crippen molar-refractivity contribution in [1.29, 1.82) is 0 Å². The Morgan fingerprint density at radius 2 is 2.44 bits per heavy atom. The Morgan fingerprint density at radius 3 is 3.06 bits per heavy atom. The van der Waals surface area contributed by atoms with E-state index in [1.807, 2.05) is 11.6 Å². The van der Waals surface area contributed by atoms with Crippen molar-refractivity contribution in [2.24, 2.45) is 13.0 Å². The number of carboxylic acids is 1. The summed E-state index contributed by atoms with van der Waals surface area (Å²) < 4.78 is 1.88. The van der Waals surface area contributed by atoms with Crippen LogP contribution in [0.5, 0.6) is 0 Å². The Labute approximate surface area is 111 Å². The number of carboxylic acid groups (broad SMARTS) is 1. The maximum atomic E-state index is 10.5. The Morgan fingerprint density at radius 1 is 1.67 bits per heavy atom. The number of hydrogen-bond acceptors (Lipinski definition) is 3. The highest BCUT2D eigenvalue weighted by Crippen LogP contribution is 2.22. The van der Waals surface area contributed by atoms with Crippen LogP contribution in [0.1, 0.15) is 25.1 Å². The molecule has 1 saturated heterocycles. The Hall–Kier alpha value is -1.07. The van der Waals surface area contributed by atoms with Crippen LogP contribution in [0.4, 0.5) is 0 Å². The van der Waals surface area contributed by atoms with Crippen molar-refractivity contribution in [3.63, 3.8) is 0 Å². The maximum Gasteiger partial charge on any atom is 0.303 e. The number of aromatic nitrogens is 2. The van der Waals surface area contributed by atoms with Crippen LogP contribution in [0.25, 0.3) is 0 Å². The fourth-order valence-electron chi connectivity index (χ4n) is 2.39. The lowest BCUT2D eigenvalue weighted by atomic mass is 10.0. The number of carbonyl (C=O) groups is 1. The molecule has 1 aromatic rings. The molecule has 100 valence electrons. The molecule has 2 heterocycles. The standard InChI is InChI=1S/C12H18ClN3O2/c1-15-10(13)6-14-11(15)8-16-5-4-9(7-16)2-3-12(17)18/h6,9H,2-5,7-8H2,1H3,(H,17,18). The van der Waals surface area contributed by atoms with Gasteiger partial charge in [-0.25, -0.2) is 4.98 Å². The highest BCUT2D eigenvalue weighted by Gasteiger charge is 2.23. The summed E-state index contributed by atoms with van der Waals surface area (Å²) in [5.74, 6) is 0.750. The highest BCUT2D eigenvalue weighted by molar-refractivity contribution is 6.29. The largest absolute Gasteiger partial charge is 0.481 e. The third kappa shape index (κ3) is 3.23. The molecule has 1 fully saturated rings. The molecule has 1 unspecified atom stereocenters. The number of aliphatic carboxylic acids is 1. The van der Waals surface area contributed by atoms with Crippen LogP contribution in [0.2, 0.25) is 5.15 Å². The molecule has 0 amide bonds. The average Bonchev–Trinajstić information content (AvgIpc) is 2.89. The van der Waals surface area contributed by atoms with Gasteiger partial charge in [-0.3, -0.25) is 9.69 Å². The molecular weight excluding hydrogens is 254 g/mol. The predicted molar refractivity (Wildman–Crippen MR) is 68.5 cm³/mol. The van der Waals surface area contributed by atoms with Crippen molar-refractivity contribution in [3.8, 4) is 0 Å². The van der Waals surface area contributed by atoms with Gasteiger partial charge in [-0.15, -0.1) is 0 Å². The summed E-state index contributed by atoms with van der Waals surface area (Å²) in [7, 11) is 1.91. The van der Waals surface area contributed by atoms with Gasteiger partial charge < -0.3 is 9.67 Å². The molecule has 0 bridgehead atoms. The number of halogens is 1. The quantitative estimate of drug-likeness (QED) is 0.887. The molecule has 1 atom stereocenters. The molecule has 0 saturated carbocycles. The van der Waals surface area contributed by atoms with E-state index in [9.17, 15) is 4.79 Å². The normalized spacial score (nSPS) is 20.4. The van der Waals surface area contributed by atoms with Gasteiger partial charge in [0.25, 0.3) is 0 Å². The molecule has 18 heavy (non-hydrogen) atoms. The molecule has 6 heteroatoms. The average molecular weight is 272 g/mol. The number of rotatable bonds is 5. The second kappa shape index (κ2) is 5.71. The van der Waals surface area contributed by atoms with Crippen molar-refractivity contribution in [2.75, 3.05) is 13.1 Å². The summed E-state index contributed by atoms with van der Waals surface area (Å²) in [4.78, 5) is 17.1. The third-order valence-electron chi connectivity index (χ3n) is 3.53. The Bertz CT molecular complexity index is 433. The van der Waals surface area contributed by atoms with Crippen molar-refractivity contribution in [2.45, 2.75) is 25.8 Å². The number of hydrogen-bond donors (Lipinski definition) is 1. The highest BCUT2D eigenvalue weighted by atomic mass is 35.5. The van der Waals surface area contributed by atoms with Crippen LogP contribution in [0.15, 0.2) is 6.20 Å². The number of likely N-dealkylation sites (tertiary alicyclic amines) is 1. The van der Waals surface area contributed by atoms with Crippen molar-refractivity contribution >= 4 is 17.6 Å². The van der Waals surface area contributed by atoms with Gasteiger partial charge in [-0.2, -0.15) is 0 Å². The third-order valence-corrected chi connectivity index (χ3v) is 3.88. The molecule has 1 aliphatic heterocycles. The molecule has 2 rings (SSSR count). The van der Waals surface area contributed by atoms with Gasteiger partial charge in [0.2, 0.25) is 0 Å². The van der Waals surface area contributed by atoms with E-state index in [-0.39, 0.29) is 6.42 Å². The van der Waals surface area contributed by atoms with Crippen LogP contribution < -0.4 is 0 Å². The van der Waals surface area contributed by atoms with Crippen LogP contribution in [0.3, 0.4) is 0 Å². The van der Waals surface area contributed by atoms with E-state index in [0.717, 1.165) is 38.3 Å². The van der Waals surface area contributed by atoms with Gasteiger partial charge in [0.15, 0.2) is 0 Å². The van der Waals surface area contributed by atoms with Gasteiger partial charge in [0.05, 0.1) is 12.7 Å². The lowest BCUT2D eigenvalue weighted by Gasteiger charge is -2.15. The van der Waals surface area contributed by atoms with E-state index in [1.165, 1.54) is 0 Å². The minimum Gasteiger partial charge on any atom is -0.481 e. The van der Waals surface area contributed by atoms with Gasteiger partial charge in [-0.1, -0.05) is 11.6 Å². The second-order valence-corrected chi connectivity index (χ2v) is 5.27. The zero-order valence-corrected chi connectivity index (χ0v) is 11.2. The predicted octanol–water partition coefficient (Wildman–Crippen LogP) is 1.76. The van der Waals surface area contributed by atoms with E-state index in [2.05, 4.69) is 9.88 Å². The summed E-state index contributed by atoms with van der Waals surface area (Å²) in [6, 6.07) is 0. The second-order valence-electron chi connectivity index (χ2n) is 4.88. The van der Waals surface area contributed by atoms with Gasteiger partial charge >= 0.3 is 5.97 Å². The van der Waals surface area contributed by atoms with Crippen molar-refractivity contribution in [1.82, 2.24) is 14.5 Å². The van der Waals surface area contributed by atoms with Crippen molar-refractivity contribution < 1.29 is 9.90 Å². The lowest BCUT2D eigenvalue weighted by Crippen LogP contribution is -2.22. The summed E-state index contributed by atoms with van der Waals surface area (Å²) in [5.41, 5.74) is 0. The molecule has 1 N–H and O–H groups in total. The first-order valence-corrected chi connectivity index (χ1v) is 6.54. The summed E-state index contributed by atoms with van der Waals surface area (Å²) >= 11 is 5.94. The van der Waals surface area contributed by atoms with E-state index in [4.69, 9.17) is 16.7 Å². The van der Waals surface area contributed by atoms with E-state index >= 15 is 0 Å². The zero-order valence-electron chi connectivity index (χ0n) is 10.5. The SMILES string of the molecule is Cn1c(Cl)cnc1CN1CCC(CCC(=O)O)C1. The molecule has 1 aromatic heterocycles. The van der Waals surface area contributed by atoms with E-state index in [1.54, 1.807) is 6.20 Å². The monoisotopic (exact) mass is 271 g/mol. The molecule has 5 nitrogen and oxygen atoms in total.